The maximum Gasteiger partial charge on any atom is 0.119 e. The van der Waals surface area contributed by atoms with Crippen molar-refractivity contribution in [3.8, 4) is 0 Å². The second-order valence-corrected chi connectivity index (χ2v) is 6.46. The first-order chi connectivity index (χ1) is 12.0. The highest BCUT2D eigenvalue weighted by Crippen LogP contribution is 2.26. The molecule has 25 heavy (non-hydrogen) atoms. The van der Waals surface area contributed by atoms with Gasteiger partial charge in [0.2, 0.25) is 0 Å². The van der Waals surface area contributed by atoms with E-state index in [2.05, 4.69) is 48.4 Å². The molecule has 0 spiro atoms. The zero-order chi connectivity index (χ0) is 18.0. The Labute approximate surface area is 148 Å². The molecule has 0 aliphatic rings. The molecule has 130 valence electrons. The summed E-state index contributed by atoms with van der Waals surface area (Å²) < 4.78 is 15.5. The molecule has 0 atom stereocenters. The average molecular weight is 337 g/mol. The van der Waals surface area contributed by atoms with E-state index < -0.39 is 0 Å². The smallest absolute Gasteiger partial charge is 0.119 e. The highest BCUT2D eigenvalue weighted by molar-refractivity contribution is 5.88. The summed E-state index contributed by atoms with van der Waals surface area (Å²) in [5.41, 5.74) is 11.0. The van der Waals surface area contributed by atoms with E-state index in [-0.39, 0.29) is 18.9 Å². The van der Waals surface area contributed by atoms with Crippen molar-refractivity contribution in [3.63, 3.8) is 0 Å². The molecule has 0 saturated carbocycles. The second kappa shape index (κ2) is 7.19. The number of nitrogens with two attached hydrogens (primary N) is 1. The zero-order valence-corrected chi connectivity index (χ0v) is 15.0. The maximum absolute atomic E-state index is 13.8. The lowest BCUT2D eigenvalue weighted by Gasteiger charge is -2.10. The molecule has 3 nitrogen and oxygen atoms in total. The monoisotopic (exact) mass is 337 g/mol. The Kier molecular flexibility index (Phi) is 5.00. The SMILES string of the molecule is Cc1nn(C/C(F)=C/CN)c(C)c1Cc1ccc(C)c2ccccc12. The van der Waals surface area contributed by atoms with Crippen LogP contribution in [-0.2, 0) is 13.0 Å². The van der Waals surface area contributed by atoms with Gasteiger partial charge in [0.15, 0.2) is 0 Å². The number of hydrogen-bond donors (Lipinski definition) is 1. The fourth-order valence-corrected chi connectivity index (χ4v) is 3.34. The van der Waals surface area contributed by atoms with Gasteiger partial charge in [0, 0.05) is 24.2 Å². The molecule has 0 saturated heterocycles. The number of hydrogen-bond acceptors (Lipinski definition) is 2. The van der Waals surface area contributed by atoms with Crippen LogP contribution in [0.4, 0.5) is 4.39 Å². The molecule has 0 fully saturated rings. The lowest BCUT2D eigenvalue weighted by molar-refractivity contribution is 0.517. The van der Waals surface area contributed by atoms with Crippen molar-refractivity contribution in [2.45, 2.75) is 33.7 Å². The first kappa shape index (κ1) is 17.4. The van der Waals surface area contributed by atoms with Gasteiger partial charge in [0.1, 0.15) is 5.83 Å². The van der Waals surface area contributed by atoms with E-state index in [1.807, 2.05) is 13.8 Å². The summed E-state index contributed by atoms with van der Waals surface area (Å²) in [6.07, 6.45) is 2.18. The van der Waals surface area contributed by atoms with Gasteiger partial charge in [-0.1, -0.05) is 36.4 Å². The molecule has 1 aromatic heterocycles. The highest BCUT2D eigenvalue weighted by atomic mass is 19.1. The van der Waals surface area contributed by atoms with Crippen LogP contribution >= 0.6 is 0 Å². The van der Waals surface area contributed by atoms with Gasteiger partial charge in [-0.05, 0) is 48.7 Å². The topological polar surface area (TPSA) is 43.8 Å². The zero-order valence-electron chi connectivity index (χ0n) is 15.0. The number of benzene rings is 2. The first-order valence-corrected chi connectivity index (χ1v) is 8.56. The van der Waals surface area contributed by atoms with E-state index in [0.717, 1.165) is 23.4 Å². The second-order valence-electron chi connectivity index (χ2n) is 6.46. The van der Waals surface area contributed by atoms with Crippen molar-refractivity contribution in [1.82, 2.24) is 9.78 Å². The summed E-state index contributed by atoms with van der Waals surface area (Å²) in [7, 11) is 0. The van der Waals surface area contributed by atoms with E-state index in [4.69, 9.17) is 5.73 Å². The van der Waals surface area contributed by atoms with Crippen LogP contribution in [0, 0.1) is 20.8 Å². The van der Waals surface area contributed by atoms with Crippen LogP contribution in [0.5, 0.6) is 0 Å². The molecule has 0 radical (unpaired) electrons. The molecule has 2 N–H and O–H groups in total. The van der Waals surface area contributed by atoms with Crippen molar-refractivity contribution in [3.05, 3.63) is 76.4 Å². The number of fused-ring (bicyclic) bond motifs is 1. The highest BCUT2D eigenvalue weighted by Gasteiger charge is 2.14. The molecule has 3 rings (SSSR count). The molecular weight excluding hydrogens is 313 g/mol. The van der Waals surface area contributed by atoms with E-state index in [1.54, 1.807) is 4.68 Å². The van der Waals surface area contributed by atoms with Crippen molar-refractivity contribution >= 4 is 10.8 Å². The van der Waals surface area contributed by atoms with Crippen molar-refractivity contribution in [2.75, 3.05) is 6.54 Å². The molecule has 0 unspecified atom stereocenters. The number of aryl methyl sites for hydroxylation is 2. The fourth-order valence-electron chi connectivity index (χ4n) is 3.34. The van der Waals surface area contributed by atoms with E-state index in [0.29, 0.717) is 0 Å². The van der Waals surface area contributed by atoms with Gasteiger partial charge >= 0.3 is 0 Å². The maximum atomic E-state index is 13.8. The lowest BCUT2D eigenvalue weighted by Crippen LogP contribution is -2.05. The molecule has 0 amide bonds. The predicted molar refractivity (Wildman–Crippen MR) is 101 cm³/mol. The largest absolute Gasteiger partial charge is 0.327 e. The van der Waals surface area contributed by atoms with Crippen LogP contribution < -0.4 is 5.73 Å². The van der Waals surface area contributed by atoms with Gasteiger partial charge in [-0.25, -0.2) is 4.39 Å². The Morgan fingerprint density at radius 3 is 2.56 bits per heavy atom. The molecule has 1 heterocycles. The minimum Gasteiger partial charge on any atom is -0.327 e. The minimum atomic E-state index is -0.250. The number of allylic oxidation sites excluding steroid dienone is 1. The minimum absolute atomic E-state index is 0.137. The Bertz CT molecular complexity index is 938. The Morgan fingerprint density at radius 2 is 1.84 bits per heavy atom. The van der Waals surface area contributed by atoms with Crippen LogP contribution in [0.1, 0.15) is 28.1 Å². The van der Waals surface area contributed by atoms with Crippen LogP contribution in [0.15, 0.2) is 48.3 Å². The van der Waals surface area contributed by atoms with Crippen molar-refractivity contribution in [1.29, 1.82) is 0 Å². The molecule has 2 aromatic carbocycles. The van der Waals surface area contributed by atoms with Gasteiger partial charge in [0.05, 0.1) is 12.2 Å². The van der Waals surface area contributed by atoms with E-state index in [1.165, 1.54) is 28.0 Å². The van der Waals surface area contributed by atoms with Crippen molar-refractivity contribution < 1.29 is 4.39 Å². The molecular formula is C21H24FN3. The summed E-state index contributed by atoms with van der Waals surface area (Å²) in [5, 5.41) is 7.07. The van der Waals surface area contributed by atoms with Gasteiger partial charge < -0.3 is 5.73 Å². The summed E-state index contributed by atoms with van der Waals surface area (Å²) in [4.78, 5) is 0. The molecule has 4 heteroatoms. The van der Waals surface area contributed by atoms with E-state index >= 15 is 0 Å². The van der Waals surface area contributed by atoms with Crippen LogP contribution in [0.3, 0.4) is 0 Å². The summed E-state index contributed by atoms with van der Waals surface area (Å²) >= 11 is 0. The van der Waals surface area contributed by atoms with Crippen LogP contribution in [0.25, 0.3) is 10.8 Å². The Balaban J connectivity index is 1.98. The number of nitrogens with zero attached hydrogens (tertiary/aromatic N) is 2. The first-order valence-electron chi connectivity index (χ1n) is 8.56. The Hall–Kier alpha value is -2.46. The molecule has 0 bridgehead atoms. The standard InChI is InChI=1S/C21H24FN3/c1-14-8-9-17(20-7-5-4-6-19(14)20)12-21-15(2)24-25(16(21)3)13-18(22)10-11-23/h4-10H,11-13,23H2,1-3H3/b18-10-. The predicted octanol–water partition coefficient (Wildman–Crippen LogP) is 4.36. The Morgan fingerprint density at radius 1 is 1.12 bits per heavy atom. The van der Waals surface area contributed by atoms with E-state index in [9.17, 15) is 4.39 Å². The number of halogens is 1. The number of rotatable bonds is 5. The third-order valence-corrected chi connectivity index (χ3v) is 4.77. The summed E-state index contributed by atoms with van der Waals surface area (Å²) in [6, 6.07) is 12.8. The normalized spacial score (nSPS) is 12.1. The fraction of sp³-hybridized carbons (Fsp3) is 0.286. The van der Waals surface area contributed by atoms with Crippen molar-refractivity contribution in [2.24, 2.45) is 5.73 Å². The lowest BCUT2D eigenvalue weighted by atomic mass is 9.95. The number of aromatic nitrogens is 2. The third-order valence-electron chi connectivity index (χ3n) is 4.77. The quantitative estimate of drug-likeness (QED) is 0.751. The molecule has 0 aliphatic heterocycles. The summed E-state index contributed by atoms with van der Waals surface area (Å²) in [5.74, 6) is -0.250. The van der Waals surface area contributed by atoms with Gasteiger partial charge in [0.25, 0.3) is 0 Å². The van der Waals surface area contributed by atoms with Crippen LogP contribution in [0.2, 0.25) is 0 Å². The third kappa shape index (κ3) is 3.49. The molecule has 3 aromatic rings. The summed E-state index contributed by atoms with van der Waals surface area (Å²) in [6.45, 7) is 6.46. The van der Waals surface area contributed by atoms with Gasteiger partial charge in [-0.2, -0.15) is 5.10 Å². The van der Waals surface area contributed by atoms with Gasteiger partial charge in [-0.3, -0.25) is 4.68 Å². The van der Waals surface area contributed by atoms with Gasteiger partial charge in [-0.15, -0.1) is 0 Å². The average Bonchev–Trinajstić information content (AvgIpc) is 2.85. The molecule has 0 aliphatic carbocycles. The van der Waals surface area contributed by atoms with Crippen LogP contribution in [-0.4, -0.2) is 16.3 Å².